The molecule has 0 saturated carbocycles. The van der Waals surface area contributed by atoms with E-state index >= 15 is 0 Å². The number of unbranched alkanes of at least 4 members (excludes halogenated alkanes) is 7. The van der Waals surface area contributed by atoms with E-state index in [4.69, 9.17) is 0 Å². The SMILES string of the molecule is Cc1ccc(CC(=O)CCCCCCCCCC[Si](C)(C)C)cc1. The average Bonchev–Trinajstić information content (AvgIpc) is 2.50. The molecule has 0 aliphatic carbocycles. The minimum absolute atomic E-state index is 0.394. The topological polar surface area (TPSA) is 17.1 Å². The van der Waals surface area contributed by atoms with Gasteiger partial charge in [0.25, 0.3) is 0 Å². The van der Waals surface area contributed by atoms with E-state index in [1.54, 1.807) is 0 Å². The van der Waals surface area contributed by atoms with Crippen molar-refractivity contribution < 1.29 is 4.79 Å². The highest BCUT2D eigenvalue weighted by atomic mass is 28.3. The number of hydrogen-bond donors (Lipinski definition) is 0. The summed E-state index contributed by atoms with van der Waals surface area (Å²) in [4.78, 5) is 12.0. The maximum atomic E-state index is 12.0. The van der Waals surface area contributed by atoms with E-state index in [1.165, 1.54) is 56.6 Å². The minimum Gasteiger partial charge on any atom is -0.299 e. The second-order valence-corrected chi connectivity index (χ2v) is 14.2. The Bertz CT molecular complexity index is 456. The maximum Gasteiger partial charge on any atom is 0.137 e. The molecule has 1 rings (SSSR count). The molecule has 0 heterocycles. The lowest BCUT2D eigenvalue weighted by atomic mass is 10.0. The molecule has 0 spiro atoms. The van der Waals surface area contributed by atoms with Gasteiger partial charge in [-0.1, -0.05) is 100 Å². The first kappa shape index (κ1) is 21.2. The zero-order valence-corrected chi connectivity index (χ0v) is 17.5. The molecule has 0 atom stereocenters. The molecule has 1 aromatic carbocycles. The van der Waals surface area contributed by atoms with Crippen molar-refractivity contribution in [1.29, 1.82) is 0 Å². The second-order valence-electron chi connectivity index (χ2n) is 8.59. The van der Waals surface area contributed by atoms with Gasteiger partial charge in [-0.3, -0.25) is 4.79 Å². The Morgan fingerprint density at radius 2 is 1.29 bits per heavy atom. The van der Waals surface area contributed by atoms with Crippen molar-refractivity contribution >= 4 is 13.9 Å². The van der Waals surface area contributed by atoms with E-state index in [0.717, 1.165) is 18.4 Å². The van der Waals surface area contributed by atoms with Gasteiger partial charge in [-0.2, -0.15) is 0 Å². The maximum absolute atomic E-state index is 12.0. The van der Waals surface area contributed by atoms with Gasteiger partial charge in [0.15, 0.2) is 0 Å². The highest BCUT2D eigenvalue weighted by molar-refractivity contribution is 6.76. The molecule has 24 heavy (non-hydrogen) atoms. The molecule has 0 aliphatic heterocycles. The first-order valence-corrected chi connectivity index (χ1v) is 13.6. The largest absolute Gasteiger partial charge is 0.299 e. The number of Topliss-reactive ketones (excluding diaryl/α,β-unsaturated/α-hetero) is 1. The van der Waals surface area contributed by atoms with Crippen molar-refractivity contribution in [2.24, 2.45) is 0 Å². The van der Waals surface area contributed by atoms with Crippen LogP contribution >= 0.6 is 0 Å². The monoisotopic (exact) mass is 346 g/mol. The first-order valence-electron chi connectivity index (χ1n) is 9.94. The van der Waals surface area contributed by atoms with Gasteiger partial charge in [0, 0.05) is 20.9 Å². The summed E-state index contributed by atoms with van der Waals surface area (Å²) in [5, 5.41) is 0. The van der Waals surface area contributed by atoms with Gasteiger partial charge in [-0.05, 0) is 18.9 Å². The fraction of sp³-hybridized carbons (Fsp3) is 0.682. The van der Waals surface area contributed by atoms with E-state index in [2.05, 4.69) is 50.8 Å². The zero-order valence-electron chi connectivity index (χ0n) is 16.5. The Hall–Kier alpha value is -0.893. The van der Waals surface area contributed by atoms with Crippen molar-refractivity contribution in [3.63, 3.8) is 0 Å². The summed E-state index contributed by atoms with van der Waals surface area (Å²) in [6.45, 7) is 9.48. The molecule has 0 radical (unpaired) electrons. The van der Waals surface area contributed by atoms with Crippen molar-refractivity contribution in [3.8, 4) is 0 Å². The first-order chi connectivity index (χ1) is 11.4. The Morgan fingerprint density at radius 3 is 1.83 bits per heavy atom. The van der Waals surface area contributed by atoms with Gasteiger partial charge >= 0.3 is 0 Å². The molecule has 1 aromatic rings. The third-order valence-electron chi connectivity index (χ3n) is 4.65. The van der Waals surface area contributed by atoms with Gasteiger partial charge in [-0.15, -0.1) is 0 Å². The predicted octanol–water partition coefficient (Wildman–Crippen LogP) is 6.96. The van der Waals surface area contributed by atoms with Crippen molar-refractivity contribution in [1.82, 2.24) is 0 Å². The summed E-state index contributed by atoms with van der Waals surface area (Å²) >= 11 is 0. The summed E-state index contributed by atoms with van der Waals surface area (Å²) in [6, 6.07) is 9.82. The lowest BCUT2D eigenvalue weighted by molar-refractivity contribution is -0.118. The van der Waals surface area contributed by atoms with Gasteiger partial charge in [0.2, 0.25) is 0 Å². The van der Waals surface area contributed by atoms with Crippen LogP contribution in [0.1, 0.15) is 68.9 Å². The zero-order chi connectivity index (χ0) is 17.8. The Kier molecular flexibility index (Phi) is 10.2. The molecule has 2 heteroatoms. The van der Waals surface area contributed by atoms with Gasteiger partial charge in [0.1, 0.15) is 5.78 Å². The number of carbonyl (C=O) groups excluding carboxylic acids is 1. The number of benzene rings is 1. The smallest absolute Gasteiger partial charge is 0.137 e. The second kappa shape index (κ2) is 11.6. The molecule has 0 saturated heterocycles. The van der Waals surface area contributed by atoms with Gasteiger partial charge in [-0.25, -0.2) is 0 Å². The number of ketones is 1. The molecule has 0 unspecified atom stereocenters. The Balaban J connectivity index is 1.93. The Labute approximate surface area is 151 Å². The number of hydrogen-bond acceptors (Lipinski definition) is 1. The van der Waals surface area contributed by atoms with Gasteiger partial charge < -0.3 is 0 Å². The van der Waals surface area contributed by atoms with Crippen LogP contribution in [0.3, 0.4) is 0 Å². The van der Waals surface area contributed by atoms with E-state index in [9.17, 15) is 4.79 Å². The molecular weight excluding hydrogens is 308 g/mol. The standard InChI is InChI=1S/C22H38OSi/c1-20-14-16-21(17-15-20)19-22(23)13-11-9-7-5-6-8-10-12-18-24(2,3)4/h14-17H,5-13,18-19H2,1-4H3. The molecule has 0 fully saturated rings. The fourth-order valence-electron chi connectivity index (χ4n) is 3.06. The molecule has 1 nitrogen and oxygen atoms in total. The third kappa shape index (κ3) is 11.6. The molecule has 0 N–H and O–H groups in total. The minimum atomic E-state index is -0.817. The highest BCUT2D eigenvalue weighted by Crippen LogP contribution is 2.16. The van der Waals surface area contributed by atoms with Crippen LogP contribution in [0.2, 0.25) is 25.7 Å². The van der Waals surface area contributed by atoms with Crippen LogP contribution < -0.4 is 0 Å². The number of carbonyl (C=O) groups is 1. The van der Waals surface area contributed by atoms with Crippen LogP contribution in [0.15, 0.2) is 24.3 Å². The van der Waals surface area contributed by atoms with E-state index in [1.807, 2.05) is 0 Å². The molecular formula is C22H38OSi. The molecule has 0 amide bonds. The van der Waals surface area contributed by atoms with E-state index in [-0.39, 0.29) is 0 Å². The lowest BCUT2D eigenvalue weighted by Crippen LogP contribution is -2.18. The van der Waals surface area contributed by atoms with Crippen LogP contribution in [0.5, 0.6) is 0 Å². The molecule has 0 bridgehead atoms. The van der Waals surface area contributed by atoms with Crippen molar-refractivity contribution in [2.75, 3.05) is 0 Å². The predicted molar refractivity (Wildman–Crippen MR) is 110 cm³/mol. The Morgan fingerprint density at radius 1 is 0.792 bits per heavy atom. The number of aryl methyl sites for hydroxylation is 1. The van der Waals surface area contributed by atoms with Crippen LogP contribution in [-0.4, -0.2) is 13.9 Å². The summed E-state index contributed by atoms with van der Waals surface area (Å²) in [7, 11) is -0.817. The molecule has 0 aliphatic rings. The summed E-state index contributed by atoms with van der Waals surface area (Å²) in [5.74, 6) is 0.394. The summed E-state index contributed by atoms with van der Waals surface area (Å²) in [6.07, 6.45) is 11.9. The summed E-state index contributed by atoms with van der Waals surface area (Å²) < 4.78 is 0. The lowest BCUT2D eigenvalue weighted by Gasteiger charge is -2.14. The van der Waals surface area contributed by atoms with Crippen molar-refractivity contribution in [3.05, 3.63) is 35.4 Å². The number of rotatable bonds is 13. The average molecular weight is 347 g/mol. The van der Waals surface area contributed by atoms with Crippen LogP contribution in [-0.2, 0) is 11.2 Å². The van der Waals surface area contributed by atoms with Gasteiger partial charge in [0.05, 0.1) is 0 Å². The molecule has 136 valence electrons. The normalized spacial score (nSPS) is 11.7. The molecule has 0 aromatic heterocycles. The van der Waals surface area contributed by atoms with Crippen LogP contribution in [0.25, 0.3) is 0 Å². The quantitative estimate of drug-likeness (QED) is 0.279. The van der Waals surface area contributed by atoms with Crippen molar-refractivity contribution in [2.45, 2.75) is 96.8 Å². The fourth-order valence-corrected chi connectivity index (χ4v) is 4.37. The highest BCUT2D eigenvalue weighted by Gasteiger charge is 2.11. The van der Waals surface area contributed by atoms with Crippen LogP contribution in [0, 0.1) is 6.92 Å². The third-order valence-corrected chi connectivity index (χ3v) is 6.51. The summed E-state index contributed by atoms with van der Waals surface area (Å²) in [5.41, 5.74) is 2.41. The van der Waals surface area contributed by atoms with Crippen LogP contribution in [0.4, 0.5) is 0 Å². The van der Waals surface area contributed by atoms with E-state index < -0.39 is 8.07 Å². The van der Waals surface area contributed by atoms with E-state index in [0.29, 0.717) is 12.2 Å².